The molecule has 76 valence electrons. The summed E-state index contributed by atoms with van der Waals surface area (Å²) >= 11 is 11.7. The summed E-state index contributed by atoms with van der Waals surface area (Å²) in [6.07, 6.45) is 0.662. The summed E-state index contributed by atoms with van der Waals surface area (Å²) in [5.74, 6) is 0. The molecule has 0 spiro atoms. The van der Waals surface area contributed by atoms with Crippen molar-refractivity contribution in [2.24, 2.45) is 0 Å². The van der Waals surface area contributed by atoms with Crippen LogP contribution in [0.5, 0.6) is 0 Å². The third-order valence-electron chi connectivity index (χ3n) is 2.00. The first kappa shape index (κ1) is 11.3. The lowest BCUT2D eigenvalue weighted by molar-refractivity contribution is -0.111. The summed E-state index contributed by atoms with van der Waals surface area (Å²) in [6.45, 7) is 3.76. The fourth-order valence-corrected chi connectivity index (χ4v) is 1.67. The summed E-state index contributed by atoms with van der Waals surface area (Å²) in [7, 11) is 0. The molecular formula is C10H11Cl2NO. The van der Waals surface area contributed by atoms with Crippen LogP contribution in [0.3, 0.4) is 0 Å². The van der Waals surface area contributed by atoms with Crippen LogP contribution in [0.4, 0.5) is 0 Å². The summed E-state index contributed by atoms with van der Waals surface area (Å²) < 4.78 is 0. The minimum Gasteiger partial charge on any atom is -0.350 e. The van der Waals surface area contributed by atoms with Crippen molar-refractivity contribution in [3.05, 3.63) is 33.8 Å². The molecule has 0 fully saturated rings. The Hall–Kier alpha value is -0.730. The van der Waals surface area contributed by atoms with Crippen LogP contribution in [0.2, 0.25) is 10.0 Å². The first-order chi connectivity index (χ1) is 6.45. The summed E-state index contributed by atoms with van der Waals surface area (Å²) in [5.41, 5.74) is 0.415. The van der Waals surface area contributed by atoms with Crippen molar-refractivity contribution in [1.29, 1.82) is 0 Å². The second kappa shape index (κ2) is 4.20. The normalized spacial score (nSPS) is 11.1. The van der Waals surface area contributed by atoms with Crippen molar-refractivity contribution < 1.29 is 4.79 Å². The van der Waals surface area contributed by atoms with Gasteiger partial charge in [-0.05, 0) is 37.6 Å². The quantitative estimate of drug-likeness (QED) is 0.797. The number of nitrogens with one attached hydrogen (secondary N) is 1. The van der Waals surface area contributed by atoms with Crippen molar-refractivity contribution in [3.8, 4) is 0 Å². The monoisotopic (exact) mass is 231 g/mol. The topological polar surface area (TPSA) is 29.1 Å². The molecule has 1 aromatic carbocycles. The molecule has 2 nitrogen and oxygen atoms in total. The largest absolute Gasteiger partial charge is 0.350 e. The van der Waals surface area contributed by atoms with Gasteiger partial charge in [-0.15, -0.1) is 0 Å². The molecule has 0 unspecified atom stereocenters. The fraction of sp³-hybridized carbons (Fsp3) is 0.300. The molecule has 1 N–H and O–H groups in total. The minimum atomic E-state index is -0.462. The van der Waals surface area contributed by atoms with E-state index >= 15 is 0 Å². The molecule has 0 radical (unpaired) electrons. The SMILES string of the molecule is CC(C)(NC=O)c1cc(Cl)cc(Cl)c1. The van der Waals surface area contributed by atoms with E-state index in [1.165, 1.54) is 0 Å². The summed E-state index contributed by atoms with van der Waals surface area (Å²) in [4.78, 5) is 10.4. The van der Waals surface area contributed by atoms with Gasteiger partial charge in [-0.25, -0.2) is 0 Å². The molecular weight excluding hydrogens is 221 g/mol. The van der Waals surface area contributed by atoms with Crippen LogP contribution in [0, 0.1) is 0 Å². The fourth-order valence-electron chi connectivity index (χ4n) is 1.15. The van der Waals surface area contributed by atoms with E-state index in [2.05, 4.69) is 5.32 Å². The van der Waals surface area contributed by atoms with Crippen molar-refractivity contribution in [3.63, 3.8) is 0 Å². The third kappa shape index (κ3) is 2.63. The molecule has 0 aliphatic rings. The Morgan fingerprint density at radius 1 is 1.21 bits per heavy atom. The number of halogens is 2. The standard InChI is InChI=1S/C10H11Cl2NO/c1-10(2,13-6-14)7-3-8(11)5-9(12)4-7/h3-6H,1-2H3,(H,13,14). The zero-order chi connectivity index (χ0) is 10.8. The Labute approximate surface area is 93.2 Å². The van der Waals surface area contributed by atoms with E-state index in [1.54, 1.807) is 18.2 Å². The van der Waals surface area contributed by atoms with Gasteiger partial charge in [-0.1, -0.05) is 23.2 Å². The van der Waals surface area contributed by atoms with Crippen LogP contribution in [0.25, 0.3) is 0 Å². The number of hydrogen-bond acceptors (Lipinski definition) is 1. The van der Waals surface area contributed by atoms with Gasteiger partial charge in [-0.3, -0.25) is 4.79 Å². The minimum absolute atomic E-state index is 0.462. The van der Waals surface area contributed by atoms with Crippen LogP contribution in [0.15, 0.2) is 18.2 Å². The van der Waals surface area contributed by atoms with Crippen LogP contribution in [0.1, 0.15) is 19.4 Å². The van der Waals surface area contributed by atoms with Crippen LogP contribution < -0.4 is 5.32 Å². The van der Waals surface area contributed by atoms with E-state index in [1.807, 2.05) is 13.8 Å². The zero-order valence-corrected chi connectivity index (χ0v) is 9.49. The maximum Gasteiger partial charge on any atom is 0.207 e. The van der Waals surface area contributed by atoms with Gasteiger partial charge in [0, 0.05) is 10.0 Å². The second-order valence-electron chi connectivity index (χ2n) is 3.55. The first-order valence-electron chi connectivity index (χ1n) is 4.13. The lowest BCUT2D eigenvalue weighted by Gasteiger charge is -2.24. The molecule has 0 heterocycles. The van der Waals surface area contributed by atoms with Crippen molar-refractivity contribution in [1.82, 2.24) is 5.32 Å². The van der Waals surface area contributed by atoms with Gasteiger partial charge in [0.15, 0.2) is 0 Å². The molecule has 0 aliphatic carbocycles. The van der Waals surface area contributed by atoms with Crippen molar-refractivity contribution in [2.75, 3.05) is 0 Å². The van der Waals surface area contributed by atoms with Crippen LogP contribution in [-0.4, -0.2) is 6.41 Å². The molecule has 0 atom stereocenters. The van der Waals surface area contributed by atoms with E-state index in [0.29, 0.717) is 16.5 Å². The van der Waals surface area contributed by atoms with Gasteiger partial charge in [0.05, 0.1) is 5.54 Å². The van der Waals surface area contributed by atoms with E-state index in [9.17, 15) is 4.79 Å². The Balaban J connectivity index is 3.11. The number of hydrogen-bond donors (Lipinski definition) is 1. The third-order valence-corrected chi connectivity index (χ3v) is 2.44. The van der Waals surface area contributed by atoms with Gasteiger partial charge >= 0.3 is 0 Å². The molecule has 0 bridgehead atoms. The van der Waals surface area contributed by atoms with E-state index < -0.39 is 5.54 Å². The Bertz CT molecular complexity index is 330. The number of carbonyl (C=O) groups is 1. The highest BCUT2D eigenvalue weighted by Crippen LogP contribution is 2.26. The molecule has 1 rings (SSSR count). The van der Waals surface area contributed by atoms with Crippen molar-refractivity contribution >= 4 is 29.6 Å². The second-order valence-corrected chi connectivity index (χ2v) is 4.42. The highest BCUT2D eigenvalue weighted by molar-refractivity contribution is 6.34. The number of benzene rings is 1. The summed E-state index contributed by atoms with van der Waals surface area (Å²) in [5, 5.41) is 3.82. The molecule has 0 aliphatic heterocycles. The van der Waals surface area contributed by atoms with Crippen LogP contribution in [-0.2, 0) is 10.3 Å². The lowest BCUT2D eigenvalue weighted by atomic mass is 9.95. The van der Waals surface area contributed by atoms with E-state index in [4.69, 9.17) is 23.2 Å². The molecule has 4 heteroatoms. The first-order valence-corrected chi connectivity index (χ1v) is 4.89. The van der Waals surface area contributed by atoms with Gasteiger partial charge in [0.1, 0.15) is 0 Å². The highest BCUT2D eigenvalue weighted by atomic mass is 35.5. The zero-order valence-electron chi connectivity index (χ0n) is 7.97. The average molecular weight is 232 g/mol. The molecule has 0 aromatic heterocycles. The van der Waals surface area contributed by atoms with Gasteiger partial charge in [0.2, 0.25) is 6.41 Å². The average Bonchev–Trinajstić information content (AvgIpc) is 2.02. The van der Waals surface area contributed by atoms with Gasteiger partial charge in [0.25, 0.3) is 0 Å². The predicted molar refractivity (Wildman–Crippen MR) is 58.7 cm³/mol. The van der Waals surface area contributed by atoms with E-state index in [0.717, 1.165) is 5.56 Å². The molecule has 0 saturated carbocycles. The number of rotatable bonds is 3. The number of amides is 1. The van der Waals surface area contributed by atoms with Crippen LogP contribution >= 0.6 is 23.2 Å². The molecule has 14 heavy (non-hydrogen) atoms. The Kier molecular flexibility index (Phi) is 3.40. The Morgan fingerprint density at radius 3 is 2.14 bits per heavy atom. The number of carbonyl (C=O) groups excluding carboxylic acids is 1. The lowest BCUT2D eigenvalue weighted by Crippen LogP contribution is -2.35. The maximum absolute atomic E-state index is 10.4. The molecule has 1 amide bonds. The molecule has 1 aromatic rings. The van der Waals surface area contributed by atoms with E-state index in [-0.39, 0.29) is 0 Å². The predicted octanol–water partition coefficient (Wildman–Crippen LogP) is 2.97. The maximum atomic E-state index is 10.4. The van der Waals surface area contributed by atoms with Gasteiger partial charge in [-0.2, -0.15) is 0 Å². The molecule has 0 saturated heterocycles. The smallest absolute Gasteiger partial charge is 0.207 e. The summed E-state index contributed by atoms with van der Waals surface area (Å²) in [6, 6.07) is 5.22. The highest BCUT2D eigenvalue weighted by Gasteiger charge is 2.19. The van der Waals surface area contributed by atoms with Crippen molar-refractivity contribution in [2.45, 2.75) is 19.4 Å². The Morgan fingerprint density at radius 2 is 1.71 bits per heavy atom. The van der Waals surface area contributed by atoms with Gasteiger partial charge < -0.3 is 5.32 Å².